The molecule has 42 valence electrons. The van der Waals surface area contributed by atoms with Crippen molar-refractivity contribution in [1.29, 1.82) is 0 Å². The van der Waals surface area contributed by atoms with Crippen molar-refractivity contribution < 1.29 is 4.79 Å². The Hall–Kier alpha value is -0.410. The SMILES string of the molecule is CC(N)NCC=O. The molecule has 0 heterocycles. The van der Waals surface area contributed by atoms with Gasteiger partial charge in [-0.05, 0) is 6.92 Å². The first-order valence-corrected chi connectivity index (χ1v) is 2.20. The molecule has 3 N–H and O–H groups in total. The third kappa shape index (κ3) is 5.59. The molecule has 3 nitrogen and oxygen atoms in total. The van der Waals surface area contributed by atoms with Crippen LogP contribution in [-0.4, -0.2) is 19.0 Å². The molecule has 0 aliphatic rings. The maximum absolute atomic E-state index is 9.59. The van der Waals surface area contributed by atoms with Crippen LogP contribution in [0, 0.1) is 0 Å². The Morgan fingerprint density at radius 3 is 2.71 bits per heavy atom. The molecule has 0 rings (SSSR count). The highest BCUT2D eigenvalue weighted by atomic mass is 16.1. The first-order chi connectivity index (χ1) is 3.27. The number of nitrogens with two attached hydrogens (primary N) is 1. The van der Waals surface area contributed by atoms with Gasteiger partial charge < -0.3 is 10.5 Å². The fourth-order valence-corrected chi connectivity index (χ4v) is 0.234. The Morgan fingerprint density at radius 2 is 2.57 bits per heavy atom. The third-order valence-corrected chi connectivity index (χ3v) is 0.523. The molecule has 0 saturated heterocycles. The van der Waals surface area contributed by atoms with E-state index in [0.29, 0.717) is 6.54 Å². The Labute approximate surface area is 42.9 Å². The molecular formula is C4H10N2O. The van der Waals surface area contributed by atoms with Crippen LogP contribution in [0.2, 0.25) is 0 Å². The zero-order valence-electron chi connectivity index (χ0n) is 4.35. The van der Waals surface area contributed by atoms with E-state index >= 15 is 0 Å². The van der Waals surface area contributed by atoms with Crippen LogP contribution in [0.1, 0.15) is 6.92 Å². The Morgan fingerprint density at radius 1 is 2.00 bits per heavy atom. The molecule has 0 bridgehead atoms. The van der Waals surface area contributed by atoms with E-state index in [2.05, 4.69) is 5.32 Å². The van der Waals surface area contributed by atoms with Gasteiger partial charge in [-0.15, -0.1) is 0 Å². The van der Waals surface area contributed by atoms with Crippen LogP contribution in [-0.2, 0) is 4.79 Å². The summed E-state index contributed by atoms with van der Waals surface area (Å²) in [6.07, 6.45) is 0.703. The largest absolute Gasteiger partial charge is 0.316 e. The first-order valence-electron chi connectivity index (χ1n) is 2.20. The van der Waals surface area contributed by atoms with Crippen molar-refractivity contribution in [2.45, 2.75) is 13.1 Å². The van der Waals surface area contributed by atoms with Gasteiger partial charge in [0.05, 0.1) is 12.7 Å². The Kier molecular flexibility index (Phi) is 3.55. The average molecular weight is 102 g/mol. The number of hydrogen-bond acceptors (Lipinski definition) is 3. The summed E-state index contributed by atoms with van der Waals surface area (Å²) >= 11 is 0. The molecule has 0 aromatic rings. The van der Waals surface area contributed by atoms with Gasteiger partial charge in [-0.1, -0.05) is 0 Å². The summed E-state index contributed by atoms with van der Waals surface area (Å²) in [5.41, 5.74) is 5.21. The summed E-state index contributed by atoms with van der Waals surface area (Å²) in [5.74, 6) is 0. The topological polar surface area (TPSA) is 55.1 Å². The minimum Gasteiger partial charge on any atom is -0.316 e. The number of hydrogen-bond donors (Lipinski definition) is 2. The summed E-state index contributed by atoms with van der Waals surface area (Å²) in [4.78, 5) is 9.59. The van der Waals surface area contributed by atoms with Crippen molar-refractivity contribution in [3.63, 3.8) is 0 Å². The van der Waals surface area contributed by atoms with Crippen LogP contribution in [0.15, 0.2) is 0 Å². The van der Waals surface area contributed by atoms with Crippen molar-refractivity contribution in [2.24, 2.45) is 5.73 Å². The second kappa shape index (κ2) is 3.77. The van der Waals surface area contributed by atoms with E-state index in [-0.39, 0.29) is 6.17 Å². The molecule has 1 unspecified atom stereocenters. The number of aldehydes is 1. The first kappa shape index (κ1) is 6.59. The van der Waals surface area contributed by atoms with Gasteiger partial charge in [-0.25, -0.2) is 0 Å². The van der Waals surface area contributed by atoms with E-state index in [0.717, 1.165) is 6.29 Å². The maximum Gasteiger partial charge on any atom is 0.133 e. The summed E-state index contributed by atoms with van der Waals surface area (Å²) < 4.78 is 0. The molecule has 0 spiro atoms. The van der Waals surface area contributed by atoms with Gasteiger partial charge in [-0.2, -0.15) is 0 Å². The lowest BCUT2D eigenvalue weighted by atomic mass is 10.6. The fraction of sp³-hybridized carbons (Fsp3) is 0.750. The van der Waals surface area contributed by atoms with E-state index < -0.39 is 0 Å². The zero-order chi connectivity index (χ0) is 5.70. The molecular weight excluding hydrogens is 92.1 g/mol. The minimum atomic E-state index is -0.0785. The Bertz CT molecular complexity index is 53.7. The van der Waals surface area contributed by atoms with Crippen LogP contribution in [0.4, 0.5) is 0 Å². The number of nitrogens with one attached hydrogen (secondary N) is 1. The molecule has 0 aromatic carbocycles. The van der Waals surface area contributed by atoms with Gasteiger partial charge in [0.2, 0.25) is 0 Å². The van der Waals surface area contributed by atoms with Crippen LogP contribution in [0.3, 0.4) is 0 Å². The summed E-state index contributed by atoms with van der Waals surface area (Å²) in [7, 11) is 0. The number of carbonyl (C=O) groups excluding carboxylic acids is 1. The van der Waals surface area contributed by atoms with Crippen LogP contribution in [0.5, 0.6) is 0 Å². The molecule has 0 aromatic heterocycles. The monoisotopic (exact) mass is 102 g/mol. The van der Waals surface area contributed by atoms with E-state index in [4.69, 9.17) is 5.73 Å². The van der Waals surface area contributed by atoms with Gasteiger partial charge in [0, 0.05) is 0 Å². The molecule has 0 aliphatic carbocycles. The predicted octanol–water partition coefficient (Wildman–Crippen LogP) is -0.920. The molecule has 0 fully saturated rings. The molecule has 0 saturated carbocycles. The highest BCUT2D eigenvalue weighted by Gasteiger charge is 1.85. The van der Waals surface area contributed by atoms with E-state index in [1.165, 1.54) is 0 Å². The van der Waals surface area contributed by atoms with Crippen molar-refractivity contribution >= 4 is 6.29 Å². The van der Waals surface area contributed by atoms with E-state index in [9.17, 15) is 4.79 Å². The minimum absolute atomic E-state index is 0.0785. The van der Waals surface area contributed by atoms with Gasteiger partial charge in [0.1, 0.15) is 6.29 Å². The second-order valence-corrected chi connectivity index (χ2v) is 1.36. The van der Waals surface area contributed by atoms with Crippen molar-refractivity contribution in [1.82, 2.24) is 5.32 Å². The standard InChI is InChI=1S/C4H10N2O/c1-4(5)6-2-3-7/h3-4,6H,2,5H2,1H3. The number of carbonyl (C=O) groups is 1. The van der Waals surface area contributed by atoms with E-state index in [1.54, 1.807) is 6.92 Å². The molecule has 0 amide bonds. The number of rotatable bonds is 3. The van der Waals surface area contributed by atoms with Crippen molar-refractivity contribution in [3.05, 3.63) is 0 Å². The van der Waals surface area contributed by atoms with Crippen molar-refractivity contribution in [2.75, 3.05) is 6.54 Å². The fourth-order valence-electron chi connectivity index (χ4n) is 0.234. The van der Waals surface area contributed by atoms with E-state index in [1.807, 2.05) is 0 Å². The predicted molar refractivity (Wildman–Crippen MR) is 27.7 cm³/mol. The third-order valence-electron chi connectivity index (χ3n) is 0.523. The van der Waals surface area contributed by atoms with Crippen LogP contribution in [0.25, 0.3) is 0 Å². The van der Waals surface area contributed by atoms with Gasteiger partial charge in [0.25, 0.3) is 0 Å². The average Bonchev–Trinajstić information content (AvgIpc) is 1.61. The highest BCUT2D eigenvalue weighted by Crippen LogP contribution is 1.58. The molecule has 0 aliphatic heterocycles. The maximum atomic E-state index is 9.59. The lowest BCUT2D eigenvalue weighted by Crippen LogP contribution is -2.35. The summed E-state index contributed by atoms with van der Waals surface area (Å²) in [5, 5.41) is 2.70. The van der Waals surface area contributed by atoms with Gasteiger partial charge in [0.15, 0.2) is 0 Å². The van der Waals surface area contributed by atoms with Crippen LogP contribution < -0.4 is 11.1 Å². The van der Waals surface area contributed by atoms with Crippen LogP contribution >= 0.6 is 0 Å². The van der Waals surface area contributed by atoms with Gasteiger partial charge >= 0.3 is 0 Å². The normalized spacial score (nSPS) is 13.4. The van der Waals surface area contributed by atoms with Gasteiger partial charge in [-0.3, -0.25) is 5.32 Å². The second-order valence-electron chi connectivity index (χ2n) is 1.36. The zero-order valence-corrected chi connectivity index (χ0v) is 4.35. The van der Waals surface area contributed by atoms with Crippen molar-refractivity contribution in [3.8, 4) is 0 Å². The lowest BCUT2D eigenvalue weighted by Gasteiger charge is -2.00. The summed E-state index contributed by atoms with van der Waals surface area (Å²) in [6, 6.07) is 0. The highest BCUT2D eigenvalue weighted by molar-refractivity contribution is 5.51. The molecule has 0 radical (unpaired) electrons. The molecule has 1 atom stereocenters. The lowest BCUT2D eigenvalue weighted by molar-refractivity contribution is -0.107. The molecule has 3 heteroatoms. The summed E-state index contributed by atoms with van der Waals surface area (Å²) in [6.45, 7) is 2.13. The quantitative estimate of drug-likeness (QED) is 0.358. The Balaban J connectivity index is 2.81. The molecule has 7 heavy (non-hydrogen) atoms. The smallest absolute Gasteiger partial charge is 0.133 e.